The molecule has 3 aliphatic heterocycles. The molecule has 0 amide bonds. The van der Waals surface area contributed by atoms with Gasteiger partial charge in [0.25, 0.3) is 0 Å². The zero-order valence-corrected chi connectivity index (χ0v) is 16.9. The van der Waals surface area contributed by atoms with Gasteiger partial charge in [-0.15, -0.1) is 10.2 Å². The van der Waals surface area contributed by atoms with Crippen molar-refractivity contribution in [2.24, 2.45) is 0 Å². The molecule has 3 aliphatic rings. The number of ether oxygens (including phenoxy) is 2. The maximum atomic E-state index is 14.4. The first kappa shape index (κ1) is 18.2. The molecule has 3 aromatic carbocycles. The summed E-state index contributed by atoms with van der Waals surface area (Å²) in [4.78, 5) is 0. The minimum atomic E-state index is -0.249. The second kappa shape index (κ2) is 6.96. The molecule has 0 aromatic heterocycles. The summed E-state index contributed by atoms with van der Waals surface area (Å²) >= 11 is 6.05. The normalized spacial score (nSPS) is 12.7. The zero-order valence-electron chi connectivity index (χ0n) is 16.2. The summed E-state index contributed by atoms with van der Waals surface area (Å²) in [5.74, 6) is 1.07. The summed E-state index contributed by atoms with van der Waals surface area (Å²) in [5.41, 5.74) is 4.72. The van der Waals surface area contributed by atoms with E-state index in [1.54, 1.807) is 12.1 Å². The van der Waals surface area contributed by atoms with E-state index in [1.807, 2.05) is 53.2 Å². The Hall–Kier alpha value is -3.64. The number of fused-ring (bicyclic) bond motifs is 4. The van der Waals surface area contributed by atoms with Crippen LogP contribution in [0.3, 0.4) is 0 Å². The van der Waals surface area contributed by atoms with Crippen LogP contribution in [0.4, 0.5) is 4.39 Å². The number of aromatic nitrogens is 3. The predicted molar refractivity (Wildman–Crippen MR) is 116 cm³/mol. The molecule has 0 spiro atoms. The number of hydrogen-bond acceptors (Lipinski definition) is 4. The quantitative estimate of drug-likeness (QED) is 0.363. The molecule has 6 rings (SSSR count). The van der Waals surface area contributed by atoms with Gasteiger partial charge in [0.2, 0.25) is 6.79 Å². The van der Waals surface area contributed by atoms with Gasteiger partial charge in [0, 0.05) is 39.4 Å². The van der Waals surface area contributed by atoms with Gasteiger partial charge in [-0.05, 0) is 24.3 Å². The molecule has 0 radical (unpaired) electrons. The molecule has 0 aliphatic carbocycles. The Labute approximate surface area is 182 Å². The Morgan fingerprint density at radius 1 is 0.935 bits per heavy atom. The van der Waals surface area contributed by atoms with E-state index in [2.05, 4.69) is 10.2 Å². The summed E-state index contributed by atoms with van der Waals surface area (Å²) in [6, 6.07) is 18.1. The fourth-order valence-corrected chi connectivity index (χ4v) is 4.11. The maximum absolute atomic E-state index is 14.4. The first-order valence-electron chi connectivity index (χ1n) is 9.75. The Morgan fingerprint density at radius 2 is 1.68 bits per heavy atom. The van der Waals surface area contributed by atoms with Gasteiger partial charge in [-0.2, -0.15) is 0 Å². The molecule has 0 atom stereocenters. The first-order chi connectivity index (χ1) is 15.2. The van der Waals surface area contributed by atoms with Gasteiger partial charge in [0.15, 0.2) is 11.5 Å². The molecule has 5 nitrogen and oxygen atoms in total. The fraction of sp³-hybridized carbons (Fsp3) is 0.0833. The van der Waals surface area contributed by atoms with Gasteiger partial charge < -0.3 is 14.0 Å². The third kappa shape index (κ3) is 2.99. The lowest BCUT2D eigenvalue weighted by Crippen LogP contribution is -2.05. The largest absolute Gasteiger partial charge is 0.454 e. The number of rotatable bonds is 3. The summed E-state index contributed by atoms with van der Waals surface area (Å²) in [6.07, 6.45) is 1.97. The summed E-state index contributed by atoms with van der Waals surface area (Å²) in [5, 5.41) is 10.4. The standard InChI is InChI=1S/C24H15ClFN3O2/c25-16-7-5-14(6-8-16)23-18-12-29(11-15-3-1-2-4-19(15)26)20-10-22-21(30-13-31-22)9-17(20)24(18)28-27-23/h1-10,12H,11,13H2. The van der Waals surface area contributed by atoms with Crippen molar-refractivity contribution in [1.29, 1.82) is 0 Å². The Balaban J connectivity index is 1.61. The molecule has 3 heterocycles. The Bertz CT molecular complexity index is 1410. The molecule has 0 saturated carbocycles. The number of nitrogens with zero attached hydrogens (tertiary/aromatic N) is 3. The van der Waals surface area contributed by atoms with Crippen LogP contribution < -0.4 is 9.47 Å². The van der Waals surface area contributed by atoms with E-state index in [1.165, 1.54) is 6.07 Å². The third-order valence-corrected chi connectivity index (χ3v) is 5.77. The van der Waals surface area contributed by atoms with Crippen molar-refractivity contribution >= 4 is 22.5 Å². The zero-order chi connectivity index (χ0) is 20.9. The summed E-state index contributed by atoms with van der Waals surface area (Å²) in [6.45, 7) is 0.523. The van der Waals surface area contributed by atoms with E-state index < -0.39 is 0 Å². The van der Waals surface area contributed by atoms with Crippen molar-refractivity contribution in [3.05, 3.63) is 83.3 Å². The van der Waals surface area contributed by atoms with E-state index in [-0.39, 0.29) is 12.6 Å². The molecule has 0 bridgehead atoms. The van der Waals surface area contributed by atoms with Gasteiger partial charge in [-0.25, -0.2) is 4.39 Å². The van der Waals surface area contributed by atoms with Crippen LogP contribution in [0.15, 0.2) is 66.9 Å². The van der Waals surface area contributed by atoms with Crippen LogP contribution in [-0.4, -0.2) is 21.6 Å². The van der Waals surface area contributed by atoms with E-state index in [9.17, 15) is 4.39 Å². The molecule has 0 unspecified atom stereocenters. The smallest absolute Gasteiger partial charge is 0.231 e. The molecular weight excluding hydrogens is 417 g/mol. The van der Waals surface area contributed by atoms with Crippen LogP contribution in [0.1, 0.15) is 5.56 Å². The lowest BCUT2D eigenvalue weighted by atomic mass is 10.0. The molecule has 0 N–H and O–H groups in total. The van der Waals surface area contributed by atoms with E-state index in [0.717, 1.165) is 33.4 Å². The molecule has 152 valence electrons. The first-order valence-corrected chi connectivity index (χ1v) is 10.1. The van der Waals surface area contributed by atoms with Gasteiger partial charge in [0.05, 0.1) is 12.1 Å². The summed E-state index contributed by atoms with van der Waals surface area (Å²) < 4.78 is 27.6. The minimum absolute atomic E-state index is 0.171. The van der Waals surface area contributed by atoms with Crippen LogP contribution in [0.25, 0.3) is 33.4 Å². The second-order valence-electron chi connectivity index (χ2n) is 7.39. The van der Waals surface area contributed by atoms with Crippen molar-refractivity contribution in [2.75, 3.05) is 6.79 Å². The number of pyridine rings is 1. The highest BCUT2D eigenvalue weighted by atomic mass is 35.5. The average molecular weight is 432 g/mol. The predicted octanol–water partition coefficient (Wildman–Crippen LogP) is 5.77. The Kier molecular flexibility index (Phi) is 4.07. The number of benzene rings is 3. The highest BCUT2D eigenvalue weighted by Gasteiger charge is 2.24. The summed E-state index contributed by atoms with van der Waals surface area (Å²) in [7, 11) is 0. The number of halogens is 2. The van der Waals surface area contributed by atoms with Crippen molar-refractivity contribution in [3.8, 4) is 34.0 Å². The van der Waals surface area contributed by atoms with Gasteiger partial charge in [0.1, 0.15) is 17.2 Å². The van der Waals surface area contributed by atoms with Gasteiger partial charge in [-0.3, -0.25) is 0 Å². The molecule has 3 aromatic rings. The van der Waals surface area contributed by atoms with Crippen LogP contribution in [0, 0.1) is 5.82 Å². The van der Waals surface area contributed by atoms with Crippen LogP contribution in [0.5, 0.6) is 11.5 Å². The lowest BCUT2D eigenvalue weighted by Gasteiger charge is -2.16. The van der Waals surface area contributed by atoms with Crippen LogP contribution in [0.2, 0.25) is 5.02 Å². The lowest BCUT2D eigenvalue weighted by molar-refractivity contribution is 0.174. The maximum Gasteiger partial charge on any atom is 0.231 e. The van der Waals surface area contributed by atoms with Gasteiger partial charge >= 0.3 is 0 Å². The fourth-order valence-electron chi connectivity index (χ4n) is 3.99. The third-order valence-electron chi connectivity index (χ3n) is 5.52. The molecular formula is C24H15ClFN3O2. The van der Waals surface area contributed by atoms with Crippen molar-refractivity contribution in [1.82, 2.24) is 14.8 Å². The molecule has 0 saturated heterocycles. The van der Waals surface area contributed by atoms with Crippen LogP contribution >= 0.6 is 11.6 Å². The molecule has 31 heavy (non-hydrogen) atoms. The van der Waals surface area contributed by atoms with Crippen molar-refractivity contribution in [3.63, 3.8) is 0 Å². The molecule has 7 heteroatoms. The number of hydrogen-bond donors (Lipinski definition) is 0. The highest BCUT2D eigenvalue weighted by Crippen LogP contribution is 2.42. The topological polar surface area (TPSA) is 49.2 Å². The van der Waals surface area contributed by atoms with E-state index in [0.29, 0.717) is 28.6 Å². The Morgan fingerprint density at radius 3 is 2.48 bits per heavy atom. The second-order valence-corrected chi connectivity index (χ2v) is 7.83. The highest BCUT2D eigenvalue weighted by molar-refractivity contribution is 6.30. The van der Waals surface area contributed by atoms with Gasteiger partial charge in [-0.1, -0.05) is 41.9 Å². The SMILES string of the molecule is Fc1ccccc1Cn1cc2c(-c3ccc(Cl)cc3)nnc-2c2cc3c(cc21)OCO3. The average Bonchev–Trinajstić information content (AvgIpc) is 3.41. The van der Waals surface area contributed by atoms with Crippen molar-refractivity contribution in [2.45, 2.75) is 6.54 Å². The van der Waals surface area contributed by atoms with E-state index >= 15 is 0 Å². The van der Waals surface area contributed by atoms with E-state index in [4.69, 9.17) is 21.1 Å². The minimum Gasteiger partial charge on any atom is -0.454 e. The molecule has 0 fully saturated rings. The monoisotopic (exact) mass is 431 g/mol. The van der Waals surface area contributed by atoms with Crippen molar-refractivity contribution < 1.29 is 13.9 Å². The van der Waals surface area contributed by atoms with Crippen LogP contribution in [-0.2, 0) is 6.54 Å².